The quantitative estimate of drug-likeness (QED) is 0.532. The molecule has 96 valence electrons. The lowest BCUT2D eigenvalue weighted by atomic mass is 10.3. The molecule has 0 aliphatic carbocycles. The summed E-state index contributed by atoms with van der Waals surface area (Å²) in [6.45, 7) is 1.77. The summed E-state index contributed by atoms with van der Waals surface area (Å²) in [5.41, 5.74) is 1.86. The van der Waals surface area contributed by atoms with Gasteiger partial charge in [0.05, 0.1) is 0 Å². The molecular weight excluding hydrogens is 278 g/mol. The van der Waals surface area contributed by atoms with E-state index in [0.717, 1.165) is 5.69 Å². The average Bonchev–Trinajstić information content (AvgIpc) is 2.74. The van der Waals surface area contributed by atoms with Crippen molar-refractivity contribution >= 4 is 33.9 Å². The molecule has 3 rings (SSSR count). The largest absolute Gasteiger partial charge is 0.336 e. The van der Waals surface area contributed by atoms with Crippen LogP contribution in [0.3, 0.4) is 0 Å². The van der Waals surface area contributed by atoms with Crippen molar-refractivity contribution in [3.63, 3.8) is 0 Å². The molecule has 0 unspecified atom stereocenters. The van der Waals surface area contributed by atoms with Crippen LogP contribution in [0.1, 0.15) is 5.82 Å². The first kappa shape index (κ1) is 12.1. The highest BCUT2D eigenvalue weighted by molar-refractivity contribution is 7.73. The molecule has 3 aromatic rings. The Labute approximate surface area is 118 Å². The number of nitrogen functional groups attached to an aromatic ring is 1. The molecule has 0 bridgehead atoms. The SMILES string of the molecule is Cc1nc2c(sc(=S)n2-c2ccccc2)c(=N)n1N. The third-order valence-electron chi connectivity index (χ3n) is 2.87. The first-order chi connectivity index (χ1) is 9.09. The van der Waals surface area contributed by atoms with E-state index in [1.807, 2.05) is 34.9 Å². The number of nitrogens with zero attached hydrogens (tertiary/aromatic N) is 3. The lowest BCUT2D eigenvalue weighted by Gasteiger charge is -2.06. The van der Waals surface area contributed by atoms with Crippen LogP contribution >= 0.6 is 23.6 Å². The van der Waals surface area contributed by atoms with Crippen LogP contribution in [0.15, 0.2) is 30.3 Å². The molecule has 0 radical (unpaired) electrons. The molecule has 0 fully saturated rings. The number of benzene rings is 1. The van der Waals surface area contributed by atoms with E-state index in [2.05, 4.69) is 4.98 Å². The fraction of sp³-hybridized carbons (Fsp3) is 0.0833. The predicted molar refractivity (Wildman–Crippen MR) is 78.5 cm³/mol. The second-order valence-corrected chi connectivity index (χ2v) is 5.71. The average molecular weight is 289 g/mol. The maximum absolute atomic E-state index is 8.05. The topological polar surface area (TPSA) is 72.6 Å². The van der Waals surface area contributed by atoms with Crippen LogP contribution in [0.2, 0.25) is 0 Å². The van der Waals surface area contributed by atoms with Crippen molar-refractivity contribution in [3.8, 4) is 5.69 Å². The van der Waals surface area contributed by atoms with Gasteiger partial charge in [0.1, 0.15) is 10.5 Å². The Hall–Kier alpha value is -1.99. The Bertz CT molecular complexity index is 873. The van der Waals surface area contributed by atoms with Crippen LogP contribution in [-0.2, 0) is 0 Å². The monoisotopic (exact) mass is 289 g/mol. The molecule has 19 heavy (non-hydrogen) atoms. The Morgan fingerprint density at radius 1 is 1.32 bits per heavy atom. The van der Waals surface area contributed by atoms with Crippen LogP contribution in [0.25, 0.3) is 16.0 Å². The van der Waals surface area contributed by atoms with Crippen molar-refractivity contribution < 1.29 is 0 Å². The van der Waals surface area contributed by atoms with Gasteiger partial charge in [-0.05, 0) is 31.3 Å². The fourth-order valence-electron chi connectivity index (χ4n) is 1.90. The van der Waals surface area contributed by atoms with Gasteiger partial charge in [-0.1, -0.05) is 29.5 Å². The summed E-state index contributed by atoms with van der Waals surface area (Å²) in [5.74, 6) is 6.35. The lowest BCUT2D eigenvalue weighted by molar-refractivity contribution is 0.813. The van der Waals surface area contributed by atoms with Gasteiger partial charge in [-0.15, -0.1) is 0 Å². The van der Waals surface area contributed by atoms with Crippen molar-refractivity contribution in [2.45, 2.75) is 6.92 Å². The number of para-hydroxylation sites is 1. The zero-order valence-electron chi connectivity index (χ0n) is 10.1. The predicted octanol–water partition coefficient (Wildman–Crippen LogP) is 2.12. The van der Waals surface area contributed by atoms with Crippen LogP contribution in [-0.4, -0.2) is 14.2 Å². The van der Waals surface area contributed by atoms with E-state index >= 15 is 0 Å². The van der Waals surface area contributed by atoms with E-state index in [1.165, 1.54) is 16.0 Å². The molecule has 7 heteroatoms. The molecule has 1 aromatic carbocycles. The van der Waals surface area contributed by atoms with Gasteiger partial charge < -0.3 is 5.84 Å². The molecule has 3 N–H and O–H groups in total. The van der Waals surface area contributed by atoms with Gasteiger partial charge >= 0.3 is 0 Å². The van der Waals surface area contributed by atoms with Gasteiger partial charge in [-0.25, -0.2) is 9.66 Å². The van der Waals surface area contributed by atoms with E-state index in [1.54, 1.807) is 6.92 Å². The maximum atomic E-state index is 8.05. The third-order valence-corrected chi connectivity index (χ3v) is 4.24. The second kappa shape index (κ2) is 4.29. The normalized spacial score (nSPS) is 11.0. The first-order valence-corrected chi connectivity index (χ1v) is 6.82. The van der Waals surface area contributed by atoms with Crippen molar-refractivity contribution in [1.29, 1.82) is 5.41 Å². The third kappa shape index (κ3) is 1.78. The highest BCUT2D eigenvalue weighted by atomic mass is 32.1. The molecule has 0 amide bonds. The maximum Gasteiger partial charge on any atom is 0.168 e. The second-order valence-electron chi connectivity index (χ2n) is 4.07. The van der Waals surface area contributed by atoms with Crippen LogP contribution in [0, 0.1) is 16.3 Å². The highest BCUT2D eigenvalue weighted by Crippen LogP contribution is 2.22. The standard InChI is InChI=1S/C12H11N5S2/c1-7-15-11-9(10(13)17(7)14)19-12(18)16(11)8-5-3-2-4-6-8/h2-6,13H,14H2,1H3. The van der Waals surface area contributed by atoms with E-state index < -0.39 is 0 Å². The molecule has 0 atom stereocenters. The van der Waals surface area contributed by atoms with Gasteiger partial charge in [0.25, 0.3) is 0 Å². The summed E-state index contributed by atoms with van der Waals surface area (Å²) in [6, 6.07) is 9.77. The number of aromatic nitrogens is 3. The van der Waals surface area contributed by atoms with Crippen LogP contribution < -0.4 is 11.3 Å². The van der Waals surface area contributed by atoms with Gasteiger partial charge in [0.15, 0.2) is 15.1 Å². The molecule has 2 heterocycles. The van der Waals surface area contributed by atoms with E-state index in [0.29, 0.717) is 20.1 Å². The summed E-state index contributed by atoms with van der Waals surface area (Å²) >= 11 is 6.74. The molecule has 2 aromatic heterocycles. The summed E-state index contributed by atoms with van der Waals surface area (Å²) in [6.07, 6.45) is 0. The number of hydrogen-bond acceptors (Lipinski definition) is 5. The van der Waals surface area contributed by atoms with Gasteiger partial charge in [-0.2, -0.15) is 0 Å². The van der Waals surface area contributed by atoms with Gasteiger partial charge in [-0.3, -0.25) is 9.98 Å². The van der Waals surface area contributed by atoms with Crippen LogP contribution in [0.5, 0.6) is 0 Å². The molecular formula is C12H11N5S2. The molecule has 5 nitrogen and oxygen atoms in total. The molecule has 0 saturated carbocycles. The van der Waals surface area contributed by atoms with Gasteiger partial charge in [0.2, 0.25) is 0 Å². The van der Waals surface area contributed by atoms with Crippen LogP contribution in [0.4, 0.5) is 0 Å². The first-order valence-electron chi connectivity index (χ1n) is 5.60. The zero-order chi connectivity index (χ0) is 13.6. The smallest absolute Gasteiger partial charge is 0.168 e. The number of thiazole rings is 1. The minimum absolute atomic E-state index is 0.230. The summed E-state index contributed by atoms with van der Waals surface area (Å²) < 4.78 is 4.50. The van der Waals surface area contributed by atoms with E-state index in [4.69, 9.17) is 23.5 Å². The van der Waals surface area contributed by atoms with Crippen molar-refractivity contribution in [2.24, 2.45) is 0 Å². The molecule has 0 aliphatic heterocycles. The Morgan fingerprint density at radius 2 is 2.00 bits per heavy atom. The number of fused-ring (bicyclic) bond motifs is 1. The number of rotatable bonds is 1. The Morgan fingerprint density at radius 3 is 2.68 bits per heavy atom. The van der Waals surface area contributed by atoms with E-state index in [-0.39, 0.29) is 5.49 Å². The Balaban J connectivity index is 2.48. The molecule has 0 aliphatic rings. The summed E-state index contributed by atoms with van der Waals surface area (Å²) in [4.78, 5) is 4.46. The highest BCUT2D eigenvalue weighted by Gasteiger charge is 2.12. The summed E-state index contributed by atoms with van der Waals surface area (Å²) in [7, 11) is 0. The van der Waals surface area contributed by atoms with Crippen molar-refractivity contribution in [2.75, 3.05) is 5.84 Å². The van der Waals surface area contributed by atoms with Crippen molar-refractivity contribution in [1.82, 2.24) is 14.2 Å². The Kier molecular flexibility index (Phi) is 2.72. The number of nitrogens with one attached hydrogen (secondary N) is 1. The number of hydrogen-bond donors (Lipinski definition) is 2. The molecule has 0 spiro atoms. The lowest BCUT2D eigenvalue weighted by Crippen LogP contribution is -2.30. The molecule has 0 saturated heterocycles. The minimum Gasteiger partial charge on any atom is -0.336 e. The van der Waals surface area contributed by atoms with Crippen molar-refractivity contribution in [3.05, 3.63) is 45.6 Å². The van der Waals surface area contributed by atoms with Gasteiger partial charge in [0, 0.05) is 5.69 Å². The van der Waals surface area contributed by atoms with E-state index in [9.17, 15) is 0 Å². The zero-order valence-corrected chi connectivity index (χ0v) is 11.8. The number of nitrogens with two attached hydrogens (primary N) is 1. The number of aryl methyl sites for hydroxylation is 1. The fourth-order valence-corrected chi connectivity index (χ4v) is 3.23. The summed E-state index contributed by atoms with van der Waals surface area (Å²) in [5, 5.41) is 8.05. The minimum atomic E-state index is 0.230.